The Morgan fingerprint density at radius 1 is 1.53 bits per heavy atom. The Bertz CT molecular complexity index is 538. The molecule has 1 amide bonds. The van der Waals surface area contributed by atoms with Gasteiger partial charge in [0.05, 0.1) is 18.3 Å². The zero-order valence-corrected chi connectivity index (χ0v) is 9.04. The van der Waals surface area contributed by atoms with Gasteiger partial charge in [-0.25, -0.2) is 0 Å². The number of amides is 1. The highest BCUT2D eigenvalue weighted by Gasteiger charge is 2.09. The summed E-state index contributed by atoms with van der Waals surface area (Å²) in [4.78, 5) is 19.3. The van der Waals surface area contributed by atoms with Gasteiger partial charge in [-0.1, -0.05) is 5.16 Å². The van der Waals surface area contributed by atoms with Crippen LogP contribution in [0.25, 0.3) is 0 Å². The number of aryl methyl sites for hydroxylation is 1. The highest BCUT2D eigenvalue weighted by Crippen LogP contribution is 2.08. The second-order valence-electron chi connectivity index (χ2n) is 3.35. The molecule has 88 valence electrons. The molecule has 2 aromatic heterocycles. The van der Waals surface area contributed by atoms with Gasteiger partial charge in [0.15, 0.2) is 5.82 Å². The topological polar surface area (TPSA) is 101 Å². The first-order chi connectivity index (χ1) is 8.15. The number of pyridine rings is 1. The number of nitrogens with zero attached hydrogens (tertiary/aromatic N) is 3. The number of aromatic nitrogens is 3. The molecule has 0 spiro atoms. The molecule has 0 aromatic carbocycles. The predicted molar refractivity (Wildman–Crippen MR) is 56.1 cm³/mol. The number of aromatic hydroxyl groups is 1. The van der Waals surface area contributed by atoms with Crippen molar-refractivity contribution in [1.82, 2.24) is 20.4 Å². The van der Waals surface area contributed by atoms with Gasteiger partial charge in [0.25, 0.3) is 5.91 Å². The minimum absolute atomic E-state index is 0.0636. The number of hydrogen-bond donors (Lipinski definition) is 2. The van der Waals surface area contributed by atoms with E-state index in [0.717, 1.165) is 0 Å². The van der Waals surface area contributed by atoms with Crippen LogP contribution >= 0.6 is 0 Å². The molecule has 0 saturated carbocycles. The summed E-state index contributed by atoms with van der Waals surface area (Å²) < 4.78 is 4.83. The maximum absolute atomic E-state index is 11.6. The van der Waals surface area contributed by atoms with Crippen LogP contribution in [0.3, 0.4) is 0 Å². The van der Waals surface area contributed by atoms with Crippen molar-refractivity contribution in [3.63, 3.8) is 0 Å². The van der Waals surface area contributed by atoms with Crippen molar-refractivity contribution < 1.29 is 14.4 Å². The average molecular weight is 234 g/mol. The highest BCUT2D eigenvalue weighted by atomic mass is 16.5. The van der Waals surface area contributed by atoms with E-state index in [2.05, 4.69) is 20.4 Å². The zero-order valence-electron chi connectivity index (χ0n) is 9.04. The summed E-state index contributed by atoms with van der Waals surface area (Å²) in [5.74, 6) is 0.396. The van der Waals surface area contributed by atoms with Crippen molar-refractivity contribution in [3.8, 4) is 5.75 Å². The van der Waals surface area contributed by atoms with Crippen LogP contribution in [-0.2, 0) is 6.54 Å². The van der Waals surface area contributed by atoms with Crippen molar-refractivity contribution >= 4 is 5.91 Å². The van der Waals surface area contributed by atoms with Crippen molar-refractivity contribution in [3.05, 3.63) is 35.7 Å². The lowest BCUT2D eigenvalue weighted by Gasteiger charge is -2.01. The Balaban J connectivity index is 1.98. The van der Waals surface area contributed by atoms with Crippen LogP contribution in [0.2, 0.25) is 0 Å². The summed E-state index contributed by atoms with van der Waals surface area (Å²) in [7, 11) is 0. The number of hydrogen-bond acceptors (Lipinski definition) is 6. The Labute approximate surface area is 96.5 Å². The number of carbonyl (C=O) groups is 1. The van der Waals surface area contributed by atoms with Crippen LogP contribution in [0, 0.1) is 6.92 Å². The zero-order chi connectivity index (χ0) is 12.3. The number of nitrogens with one attached hydrogen (secondary N) is 1. The third-order valence-corrected chi connectivity index (χ3v) is 1.96. The Kier molecular flexibility index (Phi) is 2.99. The molecule has 0 bridgehead atoms. The average Bonchev–Trinajstić information content (AvgIpc) is 2.72. The fourth-order valence-electron chi connectivity index (χ4n) is 1.22. The van der Waals surface area contributed by atoms with Crippen molar-refractivity contribution in [2.75, 3.05) is 0 Å². The van der Waals surface area contributed by atoms with Crippen LogP contribution in [0.1, 0.15) is 22.1 Å². The standard InChI is InChI=1S/C10H10N4O3/c1-6-13-9(17-14-6)5-12-10(16)7-2-8(15)4-11-3-7/h2-4,15H,5H2,1H3,(H,12,16). The van der Waals surface area contributed by atoms with Crippen molar-refractivity contribution in [2.24, 2.45) is 0 Å². The summed E-state index contributed by atoms with van der Waals surface area (Å²) in [5, 5.41) is 15.3. The molecule has 2 N–H and O–H groups in total. The van der Waals surface area contributed by atoms with Crippen LogP contribution in [0.5, 0.6) is 5.75 Å². The molecule has 0 radical (unpaired) electrons. The van der Waals surface area contributed by atoms with Gasteiger partial charge in [0, 0.05) is 6.20 Å². The molecule has 2 heterocycles. The molecule has 2 aromatic rings. The Morgan fingerprint density at radius 2 is 2.35 bits per heavy atom. The Morgan fingerprint density at radius 3 is 3.00 bits per heavy atom. The van der Waals surface area contributed by atoms with Gasteiger partial charge in [-0.05, 0) is 13.0 Å². The quantitative estimate of drug-likeness (QED) is 0.797. The monoisotopic (exact) mass is 234 g/mol. The fraction of sp³-hybridized carbons (Fsp3) is 0.200. The summed E-state index contributed by atoms with van der Waals surface area (Å²) in [6, 6.07) is 1.32. The minimum atomic E-state index is -0.371. The molecule has 17 heavy (non-hydrogen) atoms. The van der Waals surface area contributed by atoms with E-state index < -0.39 is 0 Å². The van der Waals surface area contributed by atoms with E-state index in [1.807, 2.05) is 0 Å². The third kappa shape index (κ3) is 2.77. The second kappa shape index (κ2) is 4.60. The molecule has 7 heteroatoms. The van der Waals surface area contributed by atoms with E-state index in [-0.39, 0.29) is 23.8 Å². The lowest BCUT2D eigenvalue weighted by Crippen LogP contribution is -2.23. The lowest BCUT2D eigenvalue weighted by atomic mass is 10.2. The first-order valence-electron chi connectivity index (χ1n) is 4.86. The van der Waals surface area contributed by atoms with Gasteiger partial charge in [0.1, 0.15) is 5.75 Å². The molecule has 2 rings (SSSR count). The highest BCUT2D eigenvalue weighted by molar-refractivity contribution is 5.94. The van der Waals surface area contributed by atoms with E-state index in [4.69, 9.17) is 9.63 Å². The molecule has 0 aliphatic rings. The van der Waals surface area contributed by atoms with Crippen LogP contribution < -0.4 is 5.32 Å². The molecule has 0 saturated heterocycles. The van der Waals surface area contributed by atoms with E-state index in [1.165, 1.54) is 18.5 Å². The van der Waals surface area contributed by atoms with E-state index in [0.29, 0.717) is 11.7 Å². The van der Waals surface area contributed by atoms with Crippen LogP contribution in [-0.4, -0.2) is 26.1 Å². The first-order valence-corrected chi connectivity index (χ1v) is 4.86. The van der Waals surface area contributed by atoms with Gasteiger partial charge < -0.3 is 14.9 Å². The van der Waals surface area contributed by atoms with Crippen LogP contribution in [0.4, 0.5) is 0 Å². The minimum Gasteiger partial charge on any atom is -0.506 e. The molecule has 0 unspecified atom stereocenters. The normalized spacial score (nSPS) is 10.2. The molecular weight excluding hydrogens is 224 g/mol. The largest absolute Gasteiger partial charge is 0.506 e. The predicted octanol–water partition coefficient (Wildman–Crippen LogP) is 0.409. The van der Waals surface area contributed by atoms with Gasteiger partial charge in [-0.15, -0.1) is 0 Å². The van der Waals surface area contributed by atoms with Crippen molar-refractivity contribution in [1.29, 1.82) is 0 Å². The summed E-state index contributed by atoms with van der Waals surface area (Å²) in [6.07, 6.45) is 2.60. The number of carbonyl (C=O) groups excluding carboxylic acids is 1. The van der Waals surface area contributed by atoms with E-state index in [9.17, 15) is 4.79 Å². The summed E-state index contributed by atoms with van der Waals surface area (Å²) in [5.41, 5.74) is 0.265. The van der Waals surface area contributed by atoms with Crippen LogP contribution in [0.15, 0.2) is 23.0 Å². The van der Waals surface area contributed by atoms with Gasteiger partial charge in [0.2, 0.25) is 5.89 Å². The van der Waals surface area contributed by atoms with Gasteiger partial charge in [-0.3, -0.25) is 9.78 Å². The maximum Gasteiger partial charge on any atom is 0.253 e. The second-order valence-corrected chi connectivity index (χ2v) is 3.35. The summed E-state index contributed by atoms with van der Waals surface area (Å²) >= 11 is 0. The molecule has 0 atom stereocenters. The van der Waals surface area contributed by atoms with E-state index in [1.54, 1.807) is 6.92 Å². The first kappa shape index (κ1) is 11.1. The SMILES string of the molecule is Cc1noc(CNC(=O)c2cncc(O)c2)n1. The van der Waals surface area contributed by atoms with Gasteiger partial charge in [-0.2, -0.15) is 4.98 Å². The van der Waals surface area contributed by atoms with E-state index >= 15 is 0 Å². The fourth-order valence-corrected chi connectivity index (χ4v) is 1.22. The molecule has 0 aliphatic heterocycles. The molecule has 7 nitrogen and oxygen atoms in total. The Hall–Kier alpha value is -2.44. The lowest BCUT2D eigenvalue weighted by molar-refractivity contribution is 0.0945. The van der Waals surface area contributed by atoms with Gasteiger partial charge >= 0.3 is 0 Å². The molecule has 0 fully saturated rings. The maximum atomic E-state index is 11.6. The third-order valence-electron chi connectivity index (χ3n) is 1.96. The number of rotatable bonds is 3. The molecular formula is C10H10N4O3. The van der Waals surface area contributed by atoms with Crippen molar-refractivity contribution in [2.45, 2.75) is 13.5 Å². The molecule has 0 aliphatic carbocycles. The smallest absolute Gasteiger partial charge is 0.253 e. The summed E-state index contributed by atoms with van der Waals surface area (Å²) in [6.45, 7) is 1.82.